The lowest BCUT2D eigenvalue weighted by atomic mass is 10.0. The molecule has 2 rings (SSSR count). The molecule has 17 heavy (non-hydrogen) atoms. The average Bonchev–Trinajstić information content (AvgIpc) is 2.80. The van der Waals surface area contributed by atoms with Gasteiger partial charge in [-0.1, -0.05) is 18.9 Å². The van der Waals surface area contributed by atoms with Gasteiger partial charge in [0.2, 0.25) is 0 Å². The van der Waals surface area contributed by atoms with Crippen molar-refractivity contribution in [2.75, 3.05) is 11.9 Å². The fourth-order valence-corrected chi connectivity index (χ4v) is 2.77. The van der Waals surface area contributed by atoms with Gasteiger partial charge in [-0.05, 0) is 31.9 Å². The first-order valence-electron chi connectivity index (χ1n) is 6.38. The third-order valence-electron chi connectivity index (χ3n) is 3.74. The fraction of sp³-hybridized carbons (Fsp3) is 0.571. The Kier molecular flexibility index (Phi) is 3.67. The van der Waals surface area contributed by atoms with Crippen LogP contribution in [0.3, 0.4) is 0 Å². The van der Waals surface area contributed by atoms with Crippen LogP contribution in [-0.4, -0.2) is 13.1 Å². The maximum absolute atomic E-state index is 13.8. The monoisotopic (exact) mass is 236 g/mol. The van der Waals surface area contributed by atoms with Crippen LogP contribution in [0.25, 0.3) is 0 Å². The predicted octanol–water partition coefficient (Wildman–Crippen LogP) is 3.22. The number of nitrogens with two attached hydrogens (primary N) is 1. The molecule has 1 aromatic rings. The molecule has 0 unspecified atom stereocenters. The van der Waals surface area contributed by atoms with Crippen LogP contribution in [0.5, 0.6) is 0 Å². The number of anilines is 1. The van der Waals surface area contributed by atoms with E-state index in [1.165, 1.54) is 31.7 Å². The van der Waals surface area contributed by atoms with Gasteiger partial charge < -0.3 is 10.6 Å². The summed E-state index contributed by atoms with van der Waals surface area (Å²) in [6.07, 6.45) is 4.95. The Bertz CT molecular complexity index is 384. The maximum Gasteiger partial charge on any atom is 0.130 e. The molecule has 0 aliphatic heterocycles. The highest BCUT2D eigenvalue weighted by atomic mass is 19.1. The molecule has 94 valence electrons. The highest BCUT2D eigenvalue weighted by Gasteiger charge is 2.23. The highest BCUT2D eigenvalue weighted by Crippen LogP contribution is 2.32. The van der Waals surface area contributed by atoms with Crippen LogP contribution in [0.15, 0.2) is 18.2 Å². The van der Waals surface area contributed by atoms with E-state index in [-0.39, 0.29) is 11.9 Å². The first-order valence-corrected chi connectivity index (χ1v) is 6.38. The van der Waals surface area contributed by atoms with E-state index in [1.807, 2.05) is 13.0 Å². The van der Waals surface area contributed by atoms with Crippen molar-refractivity contribution in [1.82, 2.24) is 0 Å². The SMILES string of the molecule is C[C@H](N)c1c(F)cccc1N(C)C1CCCC1. The zero-order chi connectivity index (χ0) is 12.4. The minimum Gasteiger partial charge on any atom is -0.371 e. The molecule has 0 heterocycles. The van der Waals surface area contributed by atoms with Crippen molar-refractivity contribution in [3.63, 3.8) is 0 Å². The summed E-state index contributed by atoms with van der Waals surface area (Å²) in [6.45, 7) is 1.84. The van der Waals surface area contributed by atoms with Gasteiger partial charge in [0.25, 0.3) is 0 Å². The second kappa shape index (κ2) is 5.05. The summed E-state index contributed by atoms with van der Waals surface area (Å²) in [4.78, 5) is 2.20. The number of rotatable bonds is 3. The third-order valence-corrected chi connectivity index (χ3v) is 3.74. The van der Waals surface area contributed by atoms with Crippen LogP contribution in [0.4, 0.5) is 10.1 Å². The Morgan fingerprint density at radius 1 is 1.35 bits per heavy atom. The van der Waals surface area contributed by atoms with E-state index in [4.69, 9.17) is 5.73 Å². The largest absolute Gasteiger partial charge is 0.371 e. The van der Waals surface area contributed by atoms with Gasteiger partial charge in [0.15, 0.2) is 0 Å². The van der Waals surface area contributed by atoms with Gasteiger partial charge in [0, 0.05) is 30.4 Å². The van der Waals surface area contributed by atoms with Crippen molar-refractivity contribution < 1.29 is 4.39 Å². The maximum atomic E-state index is 13.8. The highest BCUT2D eigenvalue weighted by molar-refractivity contribution is 5.55. The van der Waals surface area contributed by atoms with Crippen LogP contribution >= 0.6 is 0 Å². The molecule has 3 heteroatoms. The van der Waals surface area contributed by atoms with E-state index in [0.717, 1.165) is 5.69 Å². The molecule has 1 atom stereocenters. The normalized spacial score (nSPS) is 18.4. The molecule has 1 aromatic carbocycles. The molecule has 1 aliphatic rings. The van der Waals surface area contributed by atoms with E-state index in [0.29, 0.717) is 11.6 Å². The molecule has 0 amide bonds. The van der Waals surface area contributed by atoms with Gasteiger partial charge in [0.1, 0.15) is 5.82 Å². The Morgan fingerprint density at radius 2 is 2.00 bits per heavy atom. The lowest BCUT2D eigenvalue weighted by Crippen LogP contribution is -2.30. The number of hydrogen-bond donors (Lipinski definition) is 1. The van der Waals surface area contributed by atoms with Crippen molar-refractivity contribution in [1.29, 1.82) is 0 Å². The zero-order valence-corrected chi connectivity index (χ0v) is 10.6. The van der Waals surface area contributed by atoms with Gasteiger partial charge in [-0.25, -0.2) is 4.39 Å². The van der Waals surface area contributed by atoms with Crippen LogP contribution in [0.2, 0.25) is 0 Å². The molecule has 1 fully saturated rings. The Balaban J connectivity index is 2.33. The lowest BCUT2D eigenvalue weighted by Gasteiger charge is -2.29. The van der Waals surface area contributed by atoms with E-state index >= 15 is 0 Å². The second-order valence-corrected chi connectivity index (χ2v) is 5.01. The number of hydrogen-bond acceptors (Lipinski definition) is 2. The summed E-state index contributed by atoms with van der Waals surface area (Å²) >= 11 is 0. The summed E-state index contributed by atoms with van der Waals surface area (Å²) in [5, 5.41) is 0. The topological polar surface area (TPSA) is 29.3 Å². The number of halogens is 1. The smallest absolute Gasteiger partial charge is 0.130 e. The van der Waals surface area contributed by atoms with Crippen molar-refractivity contribution in [2.45, 2.75) is 44.7 Å². The molecular formula is C14H21FN2. The van der Waals surface area contributed by atoms with Crippen molar-refractivity contribution in [2.24, 2.45) is 5.73 Å². The summed E-state index contributed by atoms with van der Waals surface area (Å²) in [7, 11) is 2.05. The summed E-state index contributed by atoms with van der Waals surface area (Å²) in [6, 6.07) is 5.50. The van der Waals surface area contributed by atoms with Crippen molar-refractivity contribution in [3.05, 3.63) is 29.6 Å². The minimum atomic E-state index is -0.268. The molecule has 2 N–H and O–H groups in total. The van der Waals surface area contributed by atoms with Crippen molar-refractivity contribution >= 4 is 5.69 Å². The van der Waals surface area contributed by atoms with Gasteiger partial charge >= 0.3 is 0 Å². The zero-order valence-electron chi connectivity index (χ0n) is 10.6. The minimum absolute atomic E-state index is 0.192. The van der Waals surface area contributed by atoms with Gasteiger partial charge in [-0.15, -0.1) is 0 Å². The predicted molar refractivity (Wildman–Crippen MR) is 69.7 cm³/mol. The van der Waals surface area contributed by atoms with Crippen LogP contribution in [0.1, 0.15) is 44.2 Å². The third kappa shape index (κ3) is 2.44. The van der Waals surface area contributed by atoms with Gasteiger partial charge in [0.05, 0.1) is 0 Å². The molecule has 0 saturated heterocycles. The Labute approximate surface area is 103 Å². The molecule has 0 spiro atoms. The van der Waals surface area contributed by atoms with E-state index in [1.54, 1.807) is 6.07 Å². The quantitative estimate of drug-likeness (QED) is 0.873. The molecule has 0 bridgehead atoms. The molecule has 2 nitrogen and oxygen atoms in total. The lowest BCUT2D eigenvalue weighted by molar-refractivity contribution is 0.585. The first kappa shape index (κ1) is 12.4. The van der Waals surface area contributed by atoms with Crippen LogP contribution in [-0.2, 0) is 0 Å². The number of nitrogens with zero attached hydrogens (tertiary/aromatic N) is 1. The molecule has 1 aliphatic carbocycles. The molecule has 0 aromatic heterocycles. The molecular weight excluding hydrogens is 215 g/mol. The summed E-state index contributed by atoms with van der Waals surface area (Å²) in [5.74, 6) is -0.192. The van der Waals surface area contributed by atoms with E-state index in [2.05, 4.69) is 11.9 Å². The van der Waals surface area contributed by atoms with Gasteiger partial charge in [-0.3, -0.25) is 0 Å². The van der Waals surface area contributed by atoms with E-state index in [9.17, 15) is 4.39 Å². The standard InChI is InChI=1S/C14H21FN2/c1-10(16)14-12(15)8-5-9-13(14)17(2)11-6-3-4-7-11/h5,8-11H,3-4,6-7,16H2,1-2H3/t10-/m0/s1. The van der Waals surface area contributed by atoms with E-state index < -0.39 is 0 Å². The number of benzene rings is 1. The second-order valence-electron chi connectivity index (χ2n) is 5.01. The van der Waals surface area contributed by atoms with Crippen molar-refractivity contribution in [3.8, 4) is 0 Å². The molecule has 0 radical (unpaired) electrons. The Morgan fingerprint density at radius 3 is 2.59 bits per heavy atom. The molecule has 1 saturated carbocycles. The van der Waals surface area contributed by atoms with Crippen LogP contribution < -0.4 is 10.6 Å². The average molecular weight is 236 g/mol. The van der Waals surface area contributed by atoms with Gasteiger partial charge in [-0.2, -0.15) is 0 Å². The first-order chi connectivity index (χ1) is 8.11. The van der Waals surface area contributed by atoms with Crippen LogP contribution in [0, 0.1) is 5.82 Å². The summed E-state index contributed by atoms with van der Waals surface area (Å²) in [5.41, 5.74) is 7.48. The fourth-order valence-electron chi connectivity index (χ4n) is 2.77. The summed E-state index contributed by atoms with van der Waals surface area (Å²) < 4.78 is 13.8. The Hall–Kier alpha value is -1.09.